The molecule has 1 unspecified atom stereocenters. The second-order valence-corrected chi connectivity index (χ2v) is 5.01. The Morgan fingerprint density at radius 2 is 2.24 bits per heavy atom. The summed E-state index contributed by atoms with van der Waals surface area (Å²) >= 11 is 0. The summed E-state index contributed by atoms with van der Waals surface area (Å²) in [6.07, 6.45) is 4.25. The van der Waals surface area contributed by atoms with E-state index in [1.54, 1.807) is 0 Å². The van der Waals surface area contributed by atoms with Crippen molar-refractivity contribution in [3.05, 3.63) is 0 Å². The van der Waals surface area contributed by atoms with Gasteiger partial charge in [-0.3, -0.25) is 4.79 Å². The predicted octanol–water partition coefficient (Wildman–Crippen LogP) is 1.71. The maximum atomic E-state index is 12.6. The van der Waals surface area contributed by atoms with Gasteiger partial charge in [-0.15, -0.1) is 0 Å². The number of hydrogen-bond donors (Lipinski definition) is 0. The van der Waals surface area contributed by atoms with Crippen LogP contribution in [0.1, 0.15) is 39.0 Å². The Morgan fingerprint density at radius 1 is 1.53 bits per heavy atom. The number of hydrogen-bond acceptors (Lipinski definition) is 3. The van der Waals surface area contributed by atoms with Crippen LogP contribution in [-0.4, -0.2) is 36.6 Å². The molecule has 0 aromatic rings. The highest BCUT2D eigenvalue weighted by Gasteiger charge is 2.45. The van der Waals surface area contributed by atoms with Crippen molar-refractivity contribution in [1.82, 2.24) is 4.90 Å². The number of amides is 1. The first-order valence-corrected chi connectivity index (χ1v) is 6.53. The van der Waals surface area contributed by atoms with Crippen molar-refractivity contribution < 1.29 is 9.53 Å². The molecule has 0 aliphatic carbocycles. The second kappa shape index (κ2) is 5.05. The molecule has 4 nitrogen and oxygen atoms in total. The lowest BCUT2D eigenvalue weighted by molar-refractivity contribution is -0.144. The fourth-order valence-electron chi connectivity index (χ4n) is 2.90. The van der Waals surface area contributed by atoms with Crippen LogP contribution in [0.15, 0.2) is 0 Å². The van der Waals surface area contributed by atoms with E-state index in [4.69, 9.17) is 4.74 Å². The lowest BCUT2D eigenvalue weighted by Crippen LogP contribution is -2.47. The first-order valence-electron chi connectivity index (χ1n) is 6.53. The van der Waals surface area contributed by atoms with Gasteiger partial charge in [0.05, 0.1) is 6.07 Å². The van der Waals surface area contributed by atoms with Gasteiger partial charge in [0, 0.05) is 25.8 Å². The Kier molecular flexibility index (Phi) is 3.68. The topological polar surface area (TPSA) is 53.3 Å². The lowest BCUT2D eigenvalue weighted by Gasteiger charge is -2.35. The maximum absolute atomic E-state index is 12.6. The standard InChI is InChI=1S/C13H20N2O2/c1-2-11-4-3-7-15(11)12(16)13(10-14)5-8-17-9-6-13/h11H,2-9H2,1H3. The average molecular weight is 236 g/mol. The van der Waals surface area contributed by atoms with Gasteiger partial charge >= 0.3 is 0 Å². The monoisotopic (exact) mass is 236 g/mol. The van der Waals surface area contributed by atoms with Gasteiger partial charge in [0.25, 0.3) is 0 Å². The molecule has 0 bridgehead atoms. The highest BCUT2D eigenvalue weighted by Crippen LogP contribution is 2.35. The number of carbonyl (C=O) groups is 1. The third-order valence-corrected chi connectivity index (χ3v) is 4.08. The van der Waals surface area contributed by atoms with Crippen molar-refractivity contribution in [2.75, 3.05) is 19.8 Å². The molecule has 2 heterocycles. The molecule has 4 heteroatoms. The van der Waals surface area contributed by atoms with Crippen molar-refractivity contribution in [3.8, 4) is 6.07 Å². The van der Waals surface area contributed by atoms with E-state index in [1.807, 2.05) is 4.90 Å². The minimum atomic E-state index is -0.810. The molecule has 0 aromatic carbocycles. The molecule has 0 aromatic heterocycles. The van der Waals surface area contributed by atoms with E-state index in [2.05, 4.69) is 13.0 Å². The van der Waals surface area contributed by atoms with Crippen LogP contribution in [0.4, 0.5) is 0 Å². The number of carbonyl (C=O) groups excluding carboxylic acids is 1. The zero-order valence-electron chi connectivity index (χ0n) is 10.4. The zero-order valence-corrected chi connectivity index (χ0v) is 10.4. The lowest BCUT2D eigenvalue weighted by atomic mass is 9.80. The van der Waals surface area contributed by atoms with Gasteiger partial charge in [-0.25, -0.2) is 0 Å². The fourth-order valence-corrected chi connectivity index (χ4v) is 2.90. The van der Waals surface area contributed by atoms with E-state index in [0.29, 0.717) is 32.1 Å². The molecule has 0 N–H and O–H groups in total. The van der Waals surface area contributed by atoms with Gasteiger partial charge < -0.3 is 9.64 Å². The minimum Gasteiger partial charge on any atom is -0.381 e. The smallest absolute Gasteiger partial charge is 0.243 e. The fraction of sp³-hybridized carbons (Fsp3) is 0.846. The SMILES string of the molecule is CCC1CCCN1C(=O)C1(C#N)CCOCC1. The normalized spacial score (nSPS) is 27.8. The van der Waals surface area contributed by atoms with Crippen LogP contribution in [0, 0.1) is 16.7 Å². The molecule has 0 radical (unpaired) electrons. The van der Waals surface area contributed by atoms with E-state index in [-0.39, 0.29) is 5.91 Å². The Hall–Kier alpha value is -1.08. The number of likely N-dealkylation sites (tertiary alicyclic amines) is 1. The van der Waals surface area contributed by atoms with Gasteiger partial charge in [0.2, 0.25) is 5.91 Å². The van der Waals surface area contributed by atoms with Crippen molar-refractivity contribution in [3.63, 3.8) is 0 Å². The predicted molar refractivity (Wildman–Crippen MR) is 63.1 cm³/mol. The summed E-state index contributed by atoms with van der Waals surface area (Å²) in [5.74, 6) is 0.0488. The van der Waals surface area contributed by atoms with E-state index >= 15 is 0 Å². The van der Waals surface area contributed by atoms with Crippen molar-refractivity contribution in [1.29, 1.82) is 5.26 Å². The molecular weight excluding hydrogens is 216 g/mol. The van der Waals surface area contributed by atoms with Crippen LogP contribution < -0.4 is 0 Å². The van der Waals surface area contributed by atoms with Crippen molar-refractivity contribution in [2.45, 2.75) is 45.1 Å². The molecule has 2 aliphatic rings. The molecule has 17 heavy (non-hydrogen) atoms. The van der Waals surface area contributed by atoms with E-state index in [0.717, 1.165) is 25.8 Å². The molecule has 2 aliphatic heterocycles. The summed E-state index contributed by atoms with van der Waals surface area (Å²) in [6.45, 7) is 3.99. The third kappa shape index (κ3) is 2.16. The largest absolute Gasteiger partial charge is 0.381 e. The summed E-state index contributed by atoms with van der Waals surface area (Å²) in [4.78, 5) is 14.5. The number of nitriles is 1. The minimum absolute atomic E-state index is 0.0488. The molecular formula is C13H20N2O2. The summed E-state index contributed by atoms with van der Waals surface area (Å²) < 4.78 is 5.27. The van der Waals surface area contributed by atoms with Crippen LogP contribution in [0.5, 0.6) is 0 Å². The molecule has 1 amide bonds. The molecule has 94 valence electrons. The summed E-state index contributed by atoms with van der Waals surface area (Å²) in [7, 11) is 0. The van der Waals surface area contributed by atoms with Crippen LogP contribution in [0.2, 0.25) is 0 Å². The molecule has 0 saturated carbocycles. The number of ether oxygens (including phenoxy) is 1. The highest BCUT2D eigenvalue weighted by molar-refractivity contribution is 5.86. The maximum Gasteiger partial charge on any atom is 0.243 e. The third-order valence-electron chi connectivity index (χ3n) is 4.08. The molecule has 2 fully saturated rings. The van der Waals surface area contributed by atoms with Gasteiger partial charge in [-0.05, 0) is 32.1 Å². The summed E-state index contributed by atoms with van der Waals surface area (Å²) in [6, 6.07) is 2.61. The molecule has 0 spiro atoms. The highest BCUT2D eigenvalue weighted by atomic mass is 16.5. The van der Waals surface area contributed by atoms with Crippen LogP contribution in [-0.2, 0) is 9.53 Å². The van der Waals surface area contributed by atoms with E-state index in [9.17, 15) is 10.1 Å². The van der Waals surface area contributed by atoms with E-state index in [1.165, 1.54) is 0 Å². The van der Waals surface area contributed by atoms with Gasteiger partial charge in [0.15, 0.2) is 0 Å². The van der Waals surface area contributed by atoms with Crippen LogP contribution in [0.3, 0.4) is 0 Å². The van der Waals surface area contributed by atoms with Crippen molar-refractivity contribution >= 4 is 5.91 Å². The molecule has 1 atom stereocenters. The van der Waals surface area contributed by atoms with Crippen molar-refractivity contribution in [2.24, 2.45) is 5.41 Å². The zero-order chi connectivity index (χ0) is 12.3. The number of rotatable bonds is 2. The quantitative estimate of drug-likeness (QED) is 0.733. The first-order chi connectivity index (χ1) is 8.23. The van der Waals surface area contributed by atoms with Gasteiger partial charge in [-0.2, -0.15) is 5.26 Å². The number of nitrogens with zero attached hydrogens (tertiary/aromatic N) is 2. The van der Waals surface area contributed by atoms with Crippen LogP contribution in [0.25, 0.3) is 0 Å². The average Bonchev–Trinajstić information content (AvgIpc) is 2.86. The van der Waals surface area contributed by atoms with Crippen LogP contribution >= 0.6 is 0 Å². The Morgan fingerprint density at radius 3 is 2.82 bits per heavy atom. The molecule has 2 rings (SSSR count). The van der Waals surface area contributed by atoms with E-state index < -0.39 is 5.41 Å². The Labute approximate surface area is 103 Å². The summed E-state index contributed by atoms with van der Waals surface area (Å²) in [5.41, 5.74) is -0.810. The first kappa shape index (κ1) is 12.4. The molecule has 2 saturated heterocycles. The Bertz CT molecular complexity index is 329. The van der Waals surface area contributed by atoms with Gasteiger partial charge in [0.1, 0.15) is 5.41 Å². The summed E-state index contributed by atoms with van der Waals surface area (Å²) in [5, 5.41) is 9.38. The Balaban J connectivity index is 2.14. The second-order valence-electron chi connectivity index (χ2n) is 5.01. The van der Waals surface area contributed by atoms with Gasteiger partial charge in [-0.1, -0.05) is 6.92 Å².